The number of piperidine rings is 1. The first kappa shape index (κ1) is 16.3. The van der Waals surface area contributed by atoms with E-state index in [-0.39, 0.29) is 9.23 Å². The van der Waals surface area contributed by atoms with E-state index in [1.54, 1.807) is 0 Å². The molecule has 3 rings (SSSR count). The number of hydrogen-bond acceptors (Lipinski definition) is 3. The van der Waals surface area contributed by atoms with Crippen molar-refractivity contribution in [1.82, 2.24) is 8.87 Å². The second-order valence-corrected chi connectivity index (χ2v) is 9.63. The van der Waals surface area contributed by atoms with Gasteiger partial charge in [-0.05, 0) is 37.0 Å². The van der Waals surface area contributed by atoms with E-state index >= 15 is 0 Å². The molecule has 4 nitrogen and oxygen atoms in total. The predicted octanol–water partition coefficient (Wildman–Crippen LogP) is 3.96. The fourth-order valence-corrected chi connectivity index (χ4v) is 6.49. The van der Waals surface area contributed by atoms with Gasteiger partial charge in [-0.1, -0.05) is 23.2 Å². The Bertz CT molecular complexity index is 741. The van der Waals surface area contributed by atoms with Gasteiger partial charge in [0.05, 0.1) is 4.34 Å². The highest BCUT2D eigenvalue weighted by atomic mass is 35.5. The first-order chi connectivity index (χ1) is 10.5. The Morgan fingerprint density at radius 3 is 2.64 bits per heavy atom. The van der Waals surface area contributed by atoms with E-state index in [4.69, 9.17) is 23.2 Å². The molecule has 1 unspecified atom stereocenters. The normalized spacial score (nSPS) is 20.4. The van der Waals surface area contributed by atoms with Gasteiger partial charge in [-0.2, -0.15) is 4.31 Å². The van der Waals surface area contributed by atoms with Gasteiger partial charge in [0.2, 0.25) is 10.0 Å². The van der Waals surface area contributed by atoms with Crippen molar-refractivity contribution in [3.05, 3.63) is 39.3 Å². The van der Waals surface area contributed by atoms with Crippen LogP contribution in [0.3, 0.4) is 0 Å². The molecule has 0 bridgehead atoms. The Morgan fingerprint density at radius 1 is 1.27 bits per heavy atom. The van der Waals surface area contributed by atoms with Crippen LogP contribution >= 0.6 is 34.5 Å². The van der Waals surface area contributed by atoms with Crippen LogP contribution in [0, 0.1) is 5.92 Å². The number of rotatable bonds is 4. The fourth-order valence-electron chi connectivity index (χ4n) is 2.82. The summed E-state index contributed by atoms with van der Waals surface area (Å²) in [5.74, 6) is 0.309. The monoisotopic (exact) mass is 378 g/mol. The number of aromatic nitrogens is 1. The molecule has 0 aliphatic carbocycles. The van der Waals surface area contributed by atoms with Crippen molar-refractivity contribution in [2.75, 3.05) is 13.1 Å². The highest BCUT2D eigenvalue weighted by Gasteiger charge is 2.32. The molecule has 1 saturated heterocycles. The first-order valence-corrected chi connectivity index (χ1v) is 10.0. The minimum absolute atomic E-state index is 0.130. The molecule has 0 radical (unpaired) electrons. The van der Waals surface area contributed by atoms with Crippen molar-refractivity contribution in [2.45, 2.75) is 24.3 Å². The number of hydrogen-bond donors (Lipinski definition) is 0. The molecule has 2 aromatic heterocycles. The molecule has 3 heterocycles. The lowest BCUT2D eigenvalue weighted by atomic mass is 10.00. The van der Waals surface area contributed by atoms with Crippen LogP contribution in [0.2, 0.25) is 8.67 Å². The molecule has 0 amide bonds. The summed E-state index contributed by atoms with van der Waals surface area (Å²) in [4.78, 5) is 0.130. The Hall–Kier alpha value is -0.530. The predicted molar refractivity (Wildman–Crippen MR) is 90.3 cm³/mol. The largest absolute Gasteiger partial charge is 0.354 e. The fraction of sp³-hybridized carbons (Fsp3) is 0.429. The van der Waals surface area contributed by atoms with Crippen molar-refractivity contribution in [1.29, 1.82) is 0 Å². The van der Waals surface area contributed by atoms with E-state index in [2.05, 4.69) is 4.57 Å². The van der Waals surface area contributed by atoms with Crippen LogP contribution in [-0.4, -0.2) is 30.4 Å². The summed E-state index contributed by atoms with van der Waals surface area (Å²) in [6, 6.07) is 5.40. The van der Waals surface area contributed by atoms with Crippen LogP contribution in [0.25, 0.3) is 0 Å². The smallest absolute Gasteiger partial charge is 0.245 e. The molecule has 0 N–H and O–H groups in total. The zero-order valence-corrected chi connectivity index (χ0v) is 14.9. The van der Waals surface area contributed by atoms with Crippen molar-refractivity contribution in [3.63, 3.8) is 0 Å². The lowest BCUT2D eigenvalue weighted by Gasteiger charge is -2.32. The summed E-state index contributed by atoms with van der Waals surface area (Å²) in [6.07, 6.45) is 5.90. The Labute approximate surface area is 144 Å². The molecule has 1 aliphatic rings. The Morgan fingerprint density at radius 2 is 2.00 bits per heavy atom. The highest BCUT2D eigenvalue weighted by Crippen LogP contribution is 2.36. The van der Waals surface area contributed by atoms with E-state index < -0.39 is 10.0 Å². The zero-order chi connectivity index (χ0) is 15.7. The Kier molecular flexibility index (Phi) is 4.85. The third-order valence-electron chi connectivity index (χ3n) is 3.86. The lowest BCUT2D eigenvalue weighted by molar-refractivity contribution is 0.245. The van der Waals surface area contributed by atoms with Gasteiger partial charge in [0.1, 0.15) is 9.23 Å². The summed E-state index contributed by atoms with van der Waals surface area (Å²) in [5.41, 5.74) is 0. The van der Waals surface area contributed by atoms with Crippen LogP contribution in [-0.2, 0) is 16.6 Å². The average molecular weight is 379 g/mol. The SMILES string of the molecule is O=S(=O)(c1cc(Cl)sc1Cl)N1CCCC(Cn2cccc2)C1. The standard InChI is InChI=1S/C14H16Cl2N2O2S2/c15-13-8-12(14(16)21-13)22(19,20)18-7-3-4-11(10-18)9-17-5-1-2-6-17/h1-2,5-6,8,11H,3-4,7,9-10H2. The van der Waals surface area contributed by atoms with Crippen molar-refractivity contribution in [2.24, 2.45) is 5.92 Å². The molecular formula is C14H16Cl2N2O2S2. The van der Waals surface area contributed by atoms with Gasteiger partial charge in [-0.3, -0.25) is 0 Å². The molecule has 1 aliphatic heterocycles. The molecule has 1 fully saturated rings. The summed E-state index contributed by atoms with van der Waals surface area (Å²) in [7, 11) is -3.57. The molecule has 0 saturated carbocycles. The minimum atomic E-state index is -3.57. The van der Waals surface area contributed by atoms with Gasteiger partial charge >= 0.3 is 0 Å². The summed E-state index contributed by atoms with van der Waals surface area (Å²) < 4.78 is 29.8. The first-order valence-electron chi connectivity index (χ1n) is 7.02. The van der Waals surface area contributed by atoms with E-state index in [0.717, 1.165) is 30.7 Å². The van der Waals surface area contributed by atoms with Gasteiger partial charge < -0.3 is 4.57 Å². The van der Waals surface area contributed by atoms with Gasteiger partial charge in [0.25, 0.3) is 0 Å². The lowest BCUT2D eigenvalue weighted by Crippen LogP contribution is -2.40. The van der Waals surface area contributed by atoms with Crippen molar-refractivity contribution in [3.8, 4) is 0 Å². The van der Waals surface area contributed by atoms with Crippen LogP contribution in [0.5, 0.6) is 0 Å². The van der Waals surface area contributed by atoms with Gasteiger partial charge in [-0.15, -0.1) is 11.3 Å². The average Bonchev–Trinajstić information content (AvgIpc) is 3.09. The van der Waals surface area contributed by atoms with Crippen LogP contribution in [0.1, 0.15) is 12.8 Å². The molecule has 1 atom stereocenters. The Balaban J connectivity index is 1.77. The van der Waals surface area contributed by atoms with E-state index in [0.29, 0.717) is 23.3 Å². The maximum absolute atomic E-state index is 12.8. The topological polar surface area (TPSA) is 42.3 Å². The van der Waals surface area contributed by atoms with Crippen LogP contribution < -0.4 is 0 Å². The van der Waals surface area contributed by atoms with Crippen molar-refractivity contribution >= 4 is 44.6 Å². The summed E-state index contributed by atoms with van der Waals surface area (Å²) in [5, 5.41) is 0. The van der Waals surface area contributed by atoms with Gasteiger partial charge in [-0.25, -0.2) is 8.42 Å². The van der Waals surface area contributed by atoms with Crippen molar-refractivity contribution < 1.29 is 8.42 Å². The molecular weight excluding hydrogens is 363 g/mol. The summed E-state index contributed by atoms with van der Waals surface area (Å²) >= 11 is 13.0. The van der Waals surface area contributed by atoms with E-state index in [9.17, 15) is 8.42 Å². The van der Waals surface area contributed by atoms with E-state index in [1.807, 2.05) is 24.5 Å². The number of halogens is 2. The third kappa shape index (κ3) is 3.36. The maximum Gasteiger partial charge on any atom is 0.245 e. The van der Waals surface area contributed by atoms with Crippen LogP contribution in [0.15, 0.2) is 35.5 Å². The number of nitrogens with zero attached hydrogens (tertiary/aromatic N) is 2. The van der Waals surface area contributed by atoms with Gasteiger partial charge in [0.15, 0.2) is 0 Å². The molecule has 0 aromatic carbocycles. The molecule has 8 heteroatoms. The highest BCUT2D eigenvalue weighted by molar-refractivity contribution is 7.89. The second kappa shape index (κ2) is 6.53. The maximum atomic E-state index is 12.8. The van der Waals surface area contributed by atoms with E-state index in [1.165, 1.54) is 10.4 Å². The second-order valence-electron chi connectivity index (χ2n) is 5.44. The molecule has 120 valence electrons. The van der Waals surface area contributed by atoms with Gasteiger partial charge in [0, 0.05) is 32.0 Å². The molecule has 2 aromatic rings. The molecule has 22 heavy (non-hydrogen) atoms. The number of sulfonamides is 1. The minimum Gasteiger partial charge on any atom is -0.354 e. The summed E-state index contributed by atoms with van der Waals surface area (Å²) in [6.45, 7) is 1.88. The molecule has 0 spiro atoms. The van der Waals surface area contributed by atoms with Crippen LogP contribution in [0.4, 0.5) is 0 Å². The zero-order valence-electron chi connectivity index (χ0n) is 11.8. The third-order valence-corrected chi connectivity index (χ3v) is 7.48. The quantitative estimate of drug-likeness (QED) is 0.807. The number of thiophene rings is 1.